The van der Waals surface area contributed by atoms with Crippen LogP contribution < -0.4 is 23.8 Å². The summed E-state index contributed by atoms with van der Waals surface area (Å²) in [6, 6.07) is 14.7. The van der Waals surface area contributed by atoms with Gasteiger partial charge in [-0.15, -0.1) is 0 Å². The number of sulfonamides is 1. The Morgan fingerprint density at radius 2 is 1.48 bits per heavy atom. The molecule has 3 aromatic rings. The van der Waals surface area contributed by atoms with Gasteiger partial charge in [0.1, 0.15) is 18.3 Å². The van der Waals surface area contributed by atoms with Crippen LogP contribution >= 0.6 is 23.2 Å². The average Bonchev–Trinajstić information content (AvgIpc) is 3.56. The van der Waals surface area contributed by atoms with Gasteiger partial charge in [0, 0.05) is 28.7 Å². The van der Waals surface area contributed by atoms with Crippen LogP contribution in [-0.2, 0) is 26.2 Å². The minimum Gasteiger partial charge on any atom is -0.495 e. The van der Waals surface area contributed by atoms with Crippen LogP contribution in [0.15, 0.2) is 65.6 Å². The average molecular weight is 693 g/mol. The first-order valence-corrected chi connectivity index (χ1v) is 17.1. The molecule has 1 N–H and O–H groups in total. The number of methoxy groups -OCH3 is 3. The number of amides is 2. The quantitative estimate of drug-likeness (QED) is 0.218. The summed E-state index contributed by atoms with van der Waals surface area (Å²) in [7, 11) is -0.219. The fraction of sp³-hybridized carbons (Fsp3) is 0.394. The van der Waals surface area contributed by atoms with E-state index in [4.69, 9.17) is 37.4 Å². The third kappa shape index (κ3) is 8.18. The molecule has 0 bridgehead atoms. The van der Waals surface area contributed by atoms with E-state index < -0.39 is 28.5 Å². The highest BCUT2D eigenvalue weighted by Crippen LogP contribution is 2.37. The standard InChI is InChI=1S/C33H39Cl2N3O7S/c1-5-27(33(40)36-25-8-6-7-9-25)37(20-22-10-12-23(34)13-11-22)32(39)21-38(28-18-24(35)14-16-29(28)43-2)46(41,42)26-15-17-30(44-3)31(19-26)45-4/h10-19,25,27H,5-9,20-21H2,1-4H3,(H,36,40)/t27-/m1/s1. The number of hydrogen-bond acceptors (Lipinski definition) is 7. The second-order valence-electron chi connectivity index (χ2n) is 10.9. The number of carbonyl (C=O) groups is 2. The molecule has 248 valence electrons. The van der Waals surface area contributed by atoms with E-state index in [1.165, 1.54) is 56.6 Å². The summed E-state index contributed by atoms with van der Waals surface area (Å²) >= 11 is 12.5. The first-order chi connectivity index (χ1) is 22.0. The van der Waals surface area contributed by atoms with E-state index in [1.807, 2.05) is 6.92 Å². The van der Waals surface area contributed by atoms with Gasteiger partial charge in [0.25, 0.3) is 10.0 Å². The minimum absolute atomic E-state index is 0.0340. The molecule has 1 saturated carbocycles. The van der Waals surface area contributed by atoms with Gasteiger partial charge >= 0.3 is 0 Å². The normalized spacial score (nSPS) is 14.0. The Hall–Kier alpha value is -3.67. The lowest BCUT2D eigenvalue weighted by molar-refractivity contribution is -0.140. The molecule has 10 nitrogen and oxygen atoms in total. The summed E-state index contributed by atoms with van der Waals surface area (Å²) in [5, 5.41) is 3.86. The van der Waals surface area contributed by atoms with E-state index in [1.54, 1.807) is 30.3 Å². The highest BCUT2D eigenvalue weighted by atomic mass is 35.5. The lowest BCUT2D eigenvalue weighted by atomic mass is 10.1. The van der Waals surface area contributed by atoms with Crippen molar-refractivity contribution >= 4 is 50.7 Å². The zero-order valence-electron chi connectivity index (χ0n) is 26.3. The fourth-order valence-corrected chi connectivity index (χ4v) is 7.27. The van der Waals surface area contributed by atoms with Crippen molar-refractivity contribution in [1.29, 1.82) is 0 Å². The number of halogens is 2. The summed E-state index contributed by atoms with van der Waals surface area (Å²) in [6.45, 7) is 1.21. The van der Waals surface area contributed by atoms with E-state index >= 15 is 0 Å². The van der Waals surface area contributed by atoms with Crippen LogP contribution in [0.2, 0.25) is 10.0 Å². The largest absolute Gasteiger partial charge is 0.495 e. The Kier molecular flexibility index (Phi) is 12.0. The molecule has 4 rings (SSSR count). The molecule has 1 aliphatic rings. The molecule has 1 fully saturated rings. The highest BCUT2D eigenvalue weighted by Gasteiger charge is 2.36. The number of carbonyl (C=O) groups excluding carboxylic acids is 2. The smallest absolute Gasteiger partial charge is 0.265 e. The van der Waals surface area contributed by atoms with Crippen molar-refractivity contribution < 1.29 is 32.2 Å². The van der Waals surface area contributed by atoms with Gasteiger partial charge in [0.15, 0.2) is 11.5 Å². The van der Waals surface area contributed by atoms with Crippen LogP contribution in [0, 0.1) is 0 Å². The van der Waals surface area contributed by atoms with E-state index in [9.17, 15) is 18.0 Å². The predicted octanol–water partition coefficient (Wildman–Crippen LogP) is 6.08. The Morgan fingerprint density at radius 3 is 2.09 bits per heavy atom. The van der Waals surface area contributed by atoms with Crippen molar-refractivity contribution in [3.63, 3.8) is 0 Å². The molecule has 1 aliphatic carbocycles. The minimum atomic E-state index is -4.45. The molecule has 0 heterocycles. The van der Waals surface area contributed by atoms with Crippen LogP contribution in [0.1, 0.15) is 44.6 Å². The van der Waals surface area contributed by atoms with Crippen molar-refractivity contribution in [2.75, 3.05) is 32.2 Å². The molecule has 13 heteroatoms. The number of rotatable bonds is 14. The lowest BCUT2D eigenvalue weighted by Crippen LogP contribution is -2.53. The van der Waals surface area contributed by atoms with Crippen molar-refractivity contribution in [2.45, 2.75) is 62.6 Å². The summed E-state index contributed by atoms with van der Waals surface area (Å²) in [4.78, 5) is 29.3. The molecule has 1 atom stereocenters. The maximum absolute atomic E-state index is 14.4. The van der Waals surface area contributed by atoms with Gasteiger partial charge in [-0.25, -0.2) is 8.42 Å². The van der Waals surface area contributed by atoms with Gasteiger partial charge in [0.05, 0.1) is 31.9 Å². The molecule has 3 aromatic carbocycles. The molecule has 2 amide bonds. The second-order valence-corrected chi connectivity index (χ2v) is 13.6. The molecule has 0 unspecified atom stereocenters. The molecule has 46 heavy (non-hydrogen) atoms. The number of ether oxygens (including phenoxy) is 3. The number of benzene rings is 3. The number of hydrogen-bond donors (Lipinski definition) is 1. The van der Waals surface area contributed by atoms with Gasteiger partial charge in [-0.05, 0) is 67.3 Å². The van der Waals surface area contributed by atoms with Gasteiger partial charge in [-0.3, -0.25) is 13.9 Å². The highest BCUT2D eigenvalue weighted by molar-refractivity contribution is 7.92. The van der Waals surface area contributed by atoms with Gasteiger partial charge in [-0.2, -0.15) is 0 Å². The summed E-state index contributed by atoms with van der Waals surface area (Å²) < 4.78 is 45.9. The van der Waals surface area contributed by atoms with Crippen molar-refractivity contribution in [3.05, 3.63) is 76.3 Å². The number of nitrogens with one attached hydrogen (secondary N) is 1. The first-order valence-electron chi connectivity index (χ1n) is 14.9. The van der Waals surface area contributed by atoms with Crippen LogP contribution in [0.5, 0.6) is 17.2 Å². The molecule has 0 saturated heterocycles. The zero-order chi connectivity index (χ0) is 33.4. The maximum atomic E-state index is 14.4. The van der Waals surface area contributed by atoms with E-state index in [-0.39, 0.29) is 45.6 Å². The molecule has 0 spiro atoms. The summed E-state index contributed by atoms with van der Waals surface area (Å²) in [5.41, 5.74) is 0.771. The SMILES string of the molecule is CC[C@H](C(=O)NC1CCCC1)N(Cc1ccc(Cl)cc1)C(=O)CN(c1cc(Cl)ccc1OC)S(=O)(=O)c1ccc(OC)c(OC)c1. The van der Waals surface area contributed by atoms with Crippen LogP contribution in [0.25, 0.3) is 0 Å². The third-order valence-electron chi connectivity index (χ3n) is 7.99. The third-order valence-corrected chi connectivity index (χ3v) is 10.2. The first kappa shape index (κ1) is 35.2. The van der Waals surface area contributed by atoms with Crippen LogP contribution in [0.4, 0.5) is 5.69 Å². The zero-order valence-corrected chi connectivity index (χ0v) is 28.6. The van der Waals surface area contributed by atoms with Crippen LogP contribution in [0.3, 0.4) is 0 Å². The Bertz CT molecular complexity index is 1630. The fourth-order valence-electron chi connectivity index (χ4n) is 5.55. The number of nitrogens with zero attached hydrogens (tertiary/aromatic N) is 2. The van der Waals surface area contributed by atoms with Gasteiger partial charge in [0.2, 0.25) is 11.8 Å². The van der Waals surface area contributed by atoms with Crippen molar-refractivity contribution in [2.24, 2.45) is 0 Å². The molecule has 0 aromatic heterocycles. The van der Waals surface area contributed by atoms with Crippen molar-refractivity contribution in [3.8, 4) is 17.2 Å². The second kappa shape index (κ2) is 15.8. The summed E-state index contributed by atoms with van der Waals surface area (Å²) in [5.74, 6) is -0.193. The number of anilines is 1. The van der Waals surface area contributed by atoms with Gasteiger partial charge in [-0.1, -0.05) is 55.1 Å². The Morgan fingerprint density at radius 1 is 0.870 bits per heavy atom. The van der Waals surface area contributed by atoms with Crippen molar-refractivity contribution in [1.82, 2.24) is 10.2 Å². The topological polar surface area (TPSA) is 114 Å². The monoisotopic (exact) mass is 691 g/mol. The van der Waals surface area contributed by atoms with E-state index in [2.05, 4.69) is 5.32 Å². The lowest BCUT2D eigenvalue weighted by Gasteiger charge is -2.34. The van der Waals surface area contributed by atoms with Crippen LogP contribution in [-0.4, -0.2) is 65.1 Å². The Labute approximate surface area is 280 Å². The van der Waals surface area contributed by atoms with E-state index in [0.29, 0.717) is 17.2 Å². The molecule has 0 aliphatic heterocycles. The molecular formula is C33H39Cl2N3O7S. The molecular weight excluding hydrogens is 653 g/mol. The predicted molar refractivity (Wildman–Crippen MR) is 179 cm³/mol. The molecule has 0 radical (unpaired) electrons. The van der Waals surface area contributed by atoms with Gasteiger partial charge < -0.3 is 24.4 Å². The Balaban J connectivity index is 1.80. The maximum Gasteiger partial charge on any atom is 0.265 e. The van der Waals surface area contributed by atoms with E-state index in [0.717, 1.165) is 35.6 Å². The summed E-state index contributed by atoms with van der Waals surface area (Å²) in [6.07, 6.45) is 4.11.